The van der Waals surface area contributed by atoms with Crippen molar-refractivity contribution in [2.45, 2.75) is 18.9 Å². The number of ether oxygens (including phenoxy) is 2. The summed E-state index contributed by atoms with van der Waals surface area (Å²) in [7, 11) is 0. The summed E-state index contributed by atoms with van der Waals surface area (Å²) in [6.07, 6.45) is 1.81. The lowest BCUT2D eigenvalue weighted by Gasteiger charge is -2.14. The monoisotopic (exact) mass is 265 g/mol. The first-order valence-electron chi connectivity index (χ1n) is 6.99. The first kappa shape index (κ1) is 14.3. The van der Waals surface area contributed by atoms with Gasteiger partial charge in [0.25, 0.3) is 0 Å². The summed E-state index contributed by atoms with van der Waals surface area (Å²) < 4.78 is 10.8. The number of para-hydroxylation sites is 1. The molecule has 4 nitrogen and oxygen atoms in total. The van der Waals surface area contributed by atoms with Crippen molar-refractivity contribution in [3.63, 3.8) is 0 Å². The molecule has 1 aromatic carbocycles. The highest BCUT2D eigenvalue weighted by molar-refractivity contribution is 5.20. The Morgan fingerprint density at radius 3 is 2.95 bits per heavy atom. The largest absolute Gasteiger partial charge is 0.491 e. The van der Waals surface area contributed by atoms with Crippen molar-refractivity contribution < 1.29 is 14.6 Å². The van der Waals surface area contributed by atoms with E-state index in [-0.39, 0.29) is 0 Å². The van der Waals surface area contributed by atoms with E-state index in [1.54, 1.807) is 0 Å². The van der Waals surface area contributed by atoms with Gasteiger partial charge >= 0.3 is 0 Å². The maximum absolute atomic E-state index is 9.79. The molecule has 0 bridgehead atoms. The number of rotatable bonds is 8. The van der Waals surface area contributed by atoms with Crippen molar-refractivity contribution in [2.24, 2.45) is 5.92 Å². The molecule has 2 atom stereocenters. The Bertz CT molecular complexity index is 339. The van der Waals surface area contributed by atoms with Crippen LogP contribution in [0.15, 0.2) is 30.3 Å². The Hall–Kier alpha value is -1.10. The Labute approximate surface area is 114 Å². The number of nitrogens with one attached hydrogen (secondary N) is 1. The maximum atomic E-state index is 9.79. The predicted molar refractivity (Wildman–Crippen MR) is 74.4 cm³/mol. The van der Waals surface area contributed by atoms with Crippen LogP contribution in [-0.4, -0.2) is 44.1 Å². The Kier molecular flexibility index (Phi) is 6.14. The molecule has 0 aliphatic carbocycles. The summed E-state index contributed by atoms with van der Waals surface area (Å²) in [6, 6.07) is 9.56. The summed E-state index contributed by atoms with van der Waals surface area (Å²) in [5.74, 6) is 1.48. The fraction of sp³-hybridized carbons (Fsp3) is 0.600. The molecule has 4 heteroatoms. The molecule has 1 aliphatic heterocycles. The number of hydrogen-bond donors (Lipinski definition) is 2. The average molecular weight is 265 g/mol. The van der Waals surface area contributed by atoms with Gasteiger partial charge in [0.2, 0.25) is 0 Å². The molecular weight excluding hydrogens is 242 g/mol. The second kappa shape index (κ2) is 8.15. The van der Waals surface area contributed by atoms with Crippen molar-refractivity contribution in [1.29, 1.82) is 0 Å². The van der Waals surface area contributed by atoms with E-state index in [0.717, 1.165) is 31.9 Å². The first-order valence-corrected chi connectivity index (χ1v) is 6.99. The highest BCUT2D eigenvalue weighted by atomic mass is 16.5. The maximum Gasteiger partial charge on any atom is 0.119 e. The third-order valence-corrected chi connectivity index (χ3v) is 3.32. The van der Waals surface area contributed by atoms with E-state index < -0.39 is 6.10 Å². The molecule has 2 unspecified atom stereocenters. The minimum Gasteiger partial charge on any atom is -0.491 e. The van der Waals surface area contributed by atoms with E-state index in [4.69, 9.17) is 9.47 Å². The summed E-state index contributed by atoms with van der Waals surface area (Å²) in [5.41, 5.74) is 0. The molecule has 0 aromatic heterocycles. The van der Waals surface area contributed by atoms with Crippen LogP contribution in [0.3, 0.4) is 0 Å². The van der Waals surface area contributed by atoms with Crippen LogP contribution in [0.1, 0.15) is 12.8 Å². The van der Waals surface area contributed by atoms with Gasteiger partial charge in [0.15, 0.2) is 0 Å². The standard InChI is InChI=1S/C15H23NO3/c17-14(12-19-15-4-2-1-3-5-15)10-16-8-6-13-7-9-18-11-13/h1-5,13-14,16-17H,6-12H2. The normalized spacial score (nSPS) is 20.4. The topological polar surface area (TPSA) is 50.7 Å². The van der Waals surface area contributed by atoms with Crippen LogP contribution in [0.5, 0.6) is 5.75 Å². The van der Waals surface area contributed by atoms with E-state index in [9.17, 15) is 5.11 Å². The molecule has 19 heavy (non-hydrogen) atoms. The zero-order chi connectivity index (χ0) is 13.3. The summed E-state index contributed by atoms with van der Waals surface area (Å²) in [5, 5.41) is 13.1. The third kappa shape index (κ3) is 5.59. The van der Waals surface area contributed by atoms with Gasteiger partial charge in [-0.2, -0.15) is 0 Å². The van der Waals surface area contributed by atoms with E-state index in [0.29, 0.717) is 19.1 Å². The van der Waals surface area contributed by atoms with Gasteiger partial charge in [-0.1, -0.05) is 18.2 Å². The highest BCUT2D eigenvalue weighted by Crippen LogP contribution is 2.15. The molecule has 0 radical (unpaired) electrons. The van der Waals surface area contributed by atoms with Crippen LogP contribution >= 0.6 is 0 Å². The Balaban J connectivity index is 1.51. The molecular formula is C15H23NO3. The number of aliphatic hydroxyl groups is 1. The summed E-state index contributed by atoms with van der Waals surface area (Å²) in [4.78, 5) is 0. The molecule has 2 rings (SSSR count). The fourth-order valence-electron chi connectivity index (χ4n) is 2.15. The summed E-state index contributed by atoms with van der Waals surface area (Å²) in [6.45, 7) is 3.61. The van der Waals surface area contributed by atoms with Crippen molar-refractivity contribution in [1.82, 2.24) is 5.32 Å². The molecule has 1 heterocycles. The Morgan fingerprint density at radius 1 is 1.37 bits per heavy atom. The molecule has 0 saturated carbocycles. The second-order valence-electron chi connectivity index (χ2n) is 5.00. The lowest BCUT2D eigenvalue weighted by Crippen LogP contribution is -2.32. The SMILES string of the molecule is OC(CNCCC1CCOC1)COc1ccccc1. The van der Waals surface area contributed by atoms with Gasteiger partial charge in [-0.3, -0.25) is 0 Å². The van der Waals surface area contributed by atoms with Crippen LogP contribution in [0.2, 0.25) is 0 Å². The fourth-order valence-corrected chi connectivity index (χ4v) is 2.15. The van der Waals surface area contributed by atoms with Gasteiger partial charge in [-0.25, -0.2) is 0 Å². The van der Waals surface area contributed by atoms with Gasteiger partial charge in [0.05, 0.1) is 0 Å². The first-order chi connectivity index (χ1) is 9.34. The van der Waals surface area contributed by atoms with Crippen LogP contribution < -0.4 is 10.1 Å². The van der Waals surface area contributed by atoms with Crippen LogP contribution in [0, 0.1) is 5.92 Å². The minimum atomic E-state index is -0.472. The lowest BCUT2D eigenvalue weighted by atomic mass is 10.1. The number of hydrogen-bond acceptors (Lipinski definition) is 4. The van der Waals surface area contributed by atoms with Crippen molar-refractivity contribution >= 4 is 0 Å². The van der Waals surface area contributed by atoms with Gasteiger partial charge in [0.1, 0.15) is 18.5 Å². The predicted octanol–water partition coefficient (Wildman–Crippen LogP) is 1.44. The highest BCUT2D eigenvalue weighted by Gasteiger charge is 2.14. The summed E-state index contributed by atoms with van der Waals surface area (Å²) >= 11 is 0. The van der Waals surface area contributed by atoms with Crippen LogP contribution in [0.4, 0.5) is 0 Å². The van der Waals surface area contributed by atoms with Crippen LogP contribution in [0.25, 0.3) is 0 Å². The van der Waals surface area contributed by atoms with Gasteiger partial charge in [-0.05, 0) is 37.4 Å². The third-order valence-electron chi connectivity index (χ3n) is 3.32. The van der Waals surface area contributed by atoms with Gasteiger partial charge in [0, 0.05) is 19.8 Å². The molecule has 2 N–H and O–H groups in total. The van der Waals surface area contributed by atoms with E-state index >= 15 is 0 Å². The average Bonchev–Trinajstić information content (AvgIpc) is 2.96. The van der Waals surface area contributed by atoms with Crippen molar-refractivity contribution in [2.75, 3.05) is 32.9 Å². The molecule has 0 spiro atoms. The molecule has 0 amide bonds. The van der Waals surface area contributed by atoms with Gasteiger partial charge in [-0.15, -0.1) is 0 Å². The molecule has 1 saturated heterocycles. The van der Waals surface area contributed by atoms with Crippen molar-refractivity contribution in [3.05, 3.63) is 30.3 Å². The molecule has 1 aliphatic rings. The van der Waals surface area contributed by atoms with E-state index in [2.05, 4.69) is 5.32 Å². The minimum absolute atomic E-state index is 0.323. The van der Waals surface area contributed by atoms with Crippen molar-refractivity contribution in [3.8, 4) is 5.75 Å². The molecule has 1 aromatic rings. The van der Waals surface area contributed by atoms with E-state index in [1.165, 1.54) is 6.42 Å². The quantitative estimate of drug-likeness (QED) is 0.698. The van der Waals surface area contributed by atoms with Gasteiger partial charge < -0.3 is 19.9 Å². The Morgan fingerprint density at radius 2 is 2.21 bits per heavy atom. The lowest BCUT2D eigenvalue weighted by molar-refractivity contribution is 0.106. The number of benzene rings is 1. The second-order valence-corrected chi connectivity index (χ2v) is 5.00. The molecule has 1 fully saturated rings. The zero-order valence-corrected chi connectivity index (χ0v) is 11.3. The molecule has 106 valence electrons. The smallest absolute Gasteiger partial charge is 0.119 e. The zero-order valence-electron chi connectivity index (χ0n) is 11.3. The van der Waals surface area contributed by atoms with E-state index in [1.807, 2.05) is 30.3 Å². The van der Waals surface area contributed by atoms with Crippen LogP contribution in [-0.2, 0) is 4.74 Å². The number of aliphatic hydroxyl groups excluding tert-OH is 1.